The predicted molar refractivity (Wildman–Crippen MR) is 52.2 cm³/mol. The summed E-state index contributed by atoms with van der Waals surface area (Å²) in [4.78, 5) is 10.9. The molecule has 0 saturated carbocycles. The van der Waals surface area contributed by atoms with Crippen LogP contribution in [0.5, 0.6) is 0 Å². The summed E-state index contributed by atoms with van der Waals surface area (Å²) in [6.45, 7) is -0.233. The monoisotopic (exact) mass is 238 g/mol. The first kappa shape index (κ1) is 15.1. The number of aliphatic hydroxyl groups excluding tert-OH is 4. The molecule has 4 N–H and O–H groups in total. The molecular formula is C9H18O7. The van der Waals surface area contributed by atoms with Crippen LogP contribution in [-0.4, -0.2) is 52.4 Å². The Balaban J connectivity index is 3.63. The Hall–Kier alpha value is -0.890. The first-order chi connectivity index (χ1) is 7.60. The lowest BCUT2D eigenvalue weighted by atomic mass is 10.3. The highest BCUT2D eigenvalue weighted by Gasteiger charge is 2.15. The molecule has 0 aromatic carbocycles. The SMILES string of the molecule is O=C(OC(O)CCCO)OC(O)CCCO. The normalized spacial score (nSPS) is 14.2. The number of ether oxygens (including phenoxy) is 2. The molecule has 0 saturated heterocycles. The molecule has 96 valence electrons. The smallest absolute Gasteiger partial charge is 0.405 e. The van der Waals surface area contributed by atoms with Crippen LogP contribution in [0, 0.1) is 0 Å². The molecule has 2 unspecified atom stereocenters. The third-order valence-corrected chi connectivity index (χ3v) is 1.68. The summed E-state index contributed by atoms with van der Waals surface area (Å²) >= 11 is 0. The lowest BCUT2D eigenvalue weighted by Crippen LogP contribution is -2.23. The maximum Gasteiger partial charge on any atom is 0.512 e. The van der Waals surface area contributed by atoms with E-state index >= 15 is 0 Å². The van der Waals surface area contributed by atoms with E-state index in [0.717, 1.165) is 0 Å². The van der Waals surface area contributed by atoms with E-state index in [4.69, 9.17) is 20.4 Å². The Morgan fingerprint density at radius 1 is 0.938 bits per heavy atom. The van der Waals surface area contributed by atoms with Gasteiger partial charge in [-0.25, -0.2) is 4.79 Å². The largest absolute Gasteiger partial charge is 0.512 e. The molecule has 0 fully saturated rings. The molecule has 0 bridgehead atoms. The quantitative estimate of drug-likeness (QED) is 0.327. The summed E-state index contributed by atoms with van der Waals surface area (Å²) in [5, 5.41) is 35.1. The van der Waals surface area contributed by atoms with Crippen molar-refractivity contribution in [3.05, 3.63) is 0 Å². The molecule has 0 spiro atoms. The zero-order valence-electron chi connectivity index (χ0n) is 8.91. The van der Waals surface area contributed by atoms with Crippen LogP contribution in [0.15, 0.2) is 0 Å². The number of aliphatic hydroxyl groups is 4. The molecule has 0 rings (SSSR count). The van der Waals surface area contributed by atoms with Crippen molar-refractivity contribution < 1.29 is 34.7 Å². The van der Waals surface area contributed by atoms with Crippen molar-refractivity contribution >= 4 is 6.16 Å². The molecule has 16 heavy (non-hydrogen) atoms. The predicted octanol–water partition coefficient (Wildman–Crippen LogP) is -0.679. The Bertz CT molecular complexity index is 167. The lowest BCUT2D eigenvalue weighted by Gasteiger charge is -2.14. The van der Waals surface area contributed by atoms with Crippen molar-refractivity contribution in [2.75, 3.05) is 13.2 Å². The number of carbonyl (C=O) groups excluding carboxylic acids is 1. The van der Waals surface area contributed by atoms with Crippen LogP contribution in [0.3, 0.4) is 0 Å². The summed E-state index contributed by atoms with van der Waals surface area (Å²) in [6, 6.07) is 0. The molecule has 0 aromatic rings. The lowest BCUT2D eigenvalue weighted by molar-refractivity contribution is -0.130. The van der Waals surface area contributed by atoms with Gasteiger partial charge in [-0.15, -0.1) is 0 Å². The van der Waals surface area contributed by atoms with Gasteiger partial charge in [0.25, 0.3) is 0 Å². The second kappa shape index (κ2) is 9.34. The third-order valence-electron chi connectivity index (χ3n) is 1.68. The molecule has 0 aliphatic heterocycles. The molecule has 2 atom stereocenters. The highest BCUT2D eigenvalue weighted by Crippen LogP contribution is 2.04. The minimum atomic E-state index is -1.36. The highest BCUT2D eigenvalue weighted by atomic mass is 16.8. The molecule has 0 aliphatic carbocycles. The average Bonchev–Trinajstić information content (AvgIpc) is 2.23. The second-order valence-corrected chi connectivity index (χ2v) is 3.13. The Morgan fingerprint density at radius 3 is 1.62 bits per heavy atom. The maximum atomic E-state index is 10.9. The van der Waals surface area contributed by atoms with Crippen LogP contribution in [-0.2, 0) is 9.47 Å². The summed E-state index contributed by atoms with van der Waals surface area (Å²) in [6.07, 6.45) is -3.12. The van der Waals surface area contributed by atoms with Gasteiger partial charge in [-0.2, -0.15) is 0 Å². The first-order valence-electron chi connectivity index (χ1n) is 5.05. The van der Waals surface area contributed by atoms with Gasteiger partial charge in [0.2, 0.25) is 12.6 Å². The van der Waals surface area contributed by atoms with Crippen LogP contribution in [0.4, 0.5) is 4.79 Å². The van der Waals surface area contributed by atoms with Crippen molar-refractivity contribution in [2.24, 2.45) is 0 Å². The number of hydrogen-bond acceptors (Lipinski definition) is 7. The van der Waals surface area contributed by atoms with Crippen molar-refractivity contribution in [1.82, 2.24) is 0 Å². The fourth-order valence-corrected chi connectivity index (χ4v) is 0.900. The van der Waals surface area contributed by atoms with Gasteiger partial charge >= 0.3 is 6.16 Å². The third kappa shape index (κ3) is 8.42. The zero-order chi connectivity index (χ0) is 12.4. The molecule has 0 aromatic heterocycles. The summed E-state index contributed by atoms with van der Waals surface area (Å²) < 4.78 is 8.73. The molecule has 7 nitrogen and oxygen atoms in total. The van der Waals surface area contributed by atoms with Crippen molar-refractivity contribution in [3.8, 4) is 0 Å². The Morgan fingerprint density at radius 2 is 1.31 bits per heavy atom. The number of hydrogen-bond donors (Lipinski definition) is 4. The fraction of sp³-hybridized carbons (Fsp3) is 0.889. The molecule has 7 heteroatoms. The van der Waals surface area contributed by atoms with Crippen molar-refractivity contribution in [3.63, 3.8) is 0 Å². The van der Waals surface area contributed by atoms with Gasteiger partial charge in [0.15, 0.2) is 0 Å². The van der Waals surface area contributed by atoms with E-state index in [1.54, 1.807) is 0 Å². The summed E-state index contributed by atoms with van der Waals surface area (Å²) in [5.41, 5.74) is 0. The maximum absolute atomic E-state index is 10.9. The van der Waals surface area contributed by atoms with Gasteiger partial charge in [-0.3, -0.25) is 0 Å². The van der Waals surface area contributed by atoms with E-state index in [-0.39, 0.29) is 26.1 Å². The van der Waals surface area contributed by atoms with Crippen LogP contribution in [0.25, 0.3) is 0 Å². The fourth-order valence-electron chi connectivity index (χ4n) is 0.900. The van der Waals surface area contributed by atoms with E-state index < -0.39 is 18.7 Å². The second-order valence-electron chi connectivity index (χ2n) is 3.13. The van der Waals surface area contributed by atoms with Gasteiger partial charge in [0.05, 0.1) is 0 Å². The average molecular weight is 238 g/mol. The highest BCUT2D eigenvalue weighted by molar-refractivity contribution is 5.60. The van der Waals surface area contributed by atoms with Gasteiger partial charge in [0, 0.05) is 26.1 Å². The van der Waals surface area contributed by atoms with Crippen LogP contribution in [0.2, 0.25) is 0 Å². The van der Waals surface area contributed by atoms with Crippen molar-refractivity contribution in [1.29, 1.82) is 0 Å². The van der Waals surface area contributed by atoms with E-state index in [9.17, 15) is 4.79 Å². The summed E-state index contributed by atoms with van der Waals surface area (Å²) in [7, 11) is 0. The number of carbonyl (C=O) groups is 1. The minimum absolute atomic E-state index is 0.0956. The van der Waals surface area contributed by atoms with Gasteiger partial charge in [-0.1, -0.05) is 0 Å². The number of rotatable bonds is 8. The van der Waals surface area contributed by atoms with E-state index in [2.05, 4.69) is 9.47 Å². The van der Waals surface area contributed by atoms with Crippen LogP contribution < -0.4 is 0 Å². The van der Waals surface area contributed by atoms with E-state index in [1.165, 1.54) is 0 Å². The van der Waals surface area contributed by atoms with Gasteiger partial charge in [0.1, 0.15) is 0 Å². The topological polar surface area (TPSA) is 116 Å². The molecule has 0 radical (unpaired) electrons. The van der Waals surface area contributed by atoms with E-state index in [0.29, 0.717) is 12.8 Å². The van der Waals surface area contributed by atoms with Crippen LogP contribution in [0.1, 0.15) is 25.7 Å². The molecule has 0 heterocycles. The Kier molecular flexibility index (Phi) is 8.82. The molecule has 0 aliphatic rings. The zero-order valence-corrected chi connectivity index (χ0v) is 8.91. The van der Waals surface area contributed by atoms with Gasteiger partial charge < -0.3 is 29.9 Å². The Labute approximate surface area is 93.2 Å². The molecule has 0 amide bonds. The summed E-state index contributed by atoms with van der Waals surface area (Å²) in [5.74, 6) is 0. The van der Waals surface area contributed by atoms with Crippen LogP contribution >= 0.6 is 0 Å². The van der Waals surface area contributed by atoms with Gasteiger partial charge in [-0.05, 0) is 12.8 Å². The molecular weight excluding hydrogens is 220 g/mol. The van der Waals surface area contributed by atoms with Crippen molar-refractivity contribution in [2.45, 2.75) is 38.3 Å². The minimum Gasteiger partial charge on any atom is -0.405 e. The standard InChI is InChI=1S/C9H18O7/c10-5-1-3-7(12)15-9(14)16-8(13)4-2-6-11/h7-8,10-13H,1-6H2. The van der Waals surface area contributed by atoms with E-state index in [1.807, 2.05) is 0 Å². The first-order valence-corrected chi connectivity index (χ1v) is 5.05.